The number of benzene rings is 1. The third kappa shape index (κ3) is 3.94. The Morgan fingerprint density at radius 3 is 2.38 bits per heavy atom. The molecule has 0 spiro atoms. The minimum Gasteiger partial charge on any atom is -0.481 e. The van der Waals surface area contributed by atoms with Crippen LogP contribution in [0.15, 0.2) is 34.1 Å². The first-order chi connectivity index (χ1) is 13.6. The van der Waals surface area contributed by atoms with Gasteiger partial charge in [-0.2, -0.15) is 14.3 Å². The number of urea groups is 1. The minimum absolute atomic E-state index is 0.0324. The molecule has 0 radical (unpaired) electrons. The maximum Gasteiger partial charge on any atom is 0.335 e. The molecule has 1 aliphatic rings. The minimum atomic E-state index is -4.52. The highest BCUT2D eigenvalue weighted by molar-refractivity contribution is 7.92. The van der Waals surface area contributed by atoms with Crippen LogP contribution in [-0.4, -0.2) is 58.4 Å². The second-order valence-electron chi connectivity index (χ2n) is 5.84. The van der Waals surface area contributed by atoms with Crippen LogP contribution in [0.25, 0.3) is 0 Å². The van der Waals surface area contributed by atoms with Gasteiger partial charge in [-0.3, -0.25) is 5.32 Å². The van der Waals surface area contributed by atoms with Gasteiger partial charge in [0.15, 0.2) is 0 Å². The fourth-order valence-corrected chi connectivity index (χ4v) is 5.73. The van der Waals surface area contributed by atoms with E-state index in [1.807, 2.05) is 0 Å². The standard InChI is InChI=1S/C15H17N5O7S2/c1-20-8-9-5-4-6-10(13(9)29(20,24)25)28(22,23)19-15(21)18-14-16-11(26-2)7-12(17-14)27-3/h4-7H,8H2,1-3H3,(H2,16,17,18,19,21). The summed E-state index contributed by atoms with van der Waals surface area (Å²) in [5, 5.41) is 2.14. The van der Waals surface area contributed by atoms with E-state index in [0.717, 1.165) is 10.4 Å². The number of nitrogens with one attached hydrogen (secondary N) is 2. The van der Waals surface area contributed by atoms with Crippen molar-refractivity contribution in [2.24, 2.45) is 0 Å². The van der Waals surface area contributed by atoms with Gasteiger partial charge in [0.25, 0.3) is 10.0 Å². The third-order valence-corrected chi connectivity index (χ3v) is 7.41. The Bertz CT molecular complexity index is 1160. The van der Waals surface area contributed by atoms with Gasteiger partial charge in [0.05, 0.1) is 20.3 Å². The van der Waals surface area contributed by atoms with Crippen LogP contribution in [0.2, 0.25) is 0 Å². The van der Waals surface area contributed by atoms with Gasteiger partial charge >= 0.3 is 6.03 Å². The second kappa shape index (κ2) is 7.46. The van der Waals surface area contributed by atoms with Gasteiger partial charge in [0, 0.05) is 13.6 Å². The summed E-state index contributed by atoms with van der Waals surface area (Å²) in [6, 6.07) is 4.17. The smallest absolute Gasteiger partial charge is 0.335 e. The molecule has 156 valence electrons. The maximum absolute atomic E-state index is 12.7. The molecule has 0 atom stereocenters. The van der Waals surface area contributed by atoms with Gasteiger partial charge in [-0.1, -0.05) is 12.1 Å². The van der Waals surface area contributed by atoms with E-state index < -0.39 is 31.0 Å². The van der Waals surface area contributed by atoms with Crippen molar-refractivity contribution in [1.29, 1.82) is 0 Å². The number of hydrogen-bond acceptors (Lipinski definition) is 9. The van der Waals surface area contributed by atoms with E-state index in [0.29, 0.717) is 5.56 Å². The Balaban J connectivity index is 1.89. The molecular weight excluding hydrogens is 426 g/mol. The first-order valence-electron chi connectivity index (χ1n) is 7.97. The second-order valence-corrected chi connectivity index (χ2v) is 9.47. The van der Waals surface area contributed by atoms with Crippen LogP contribution in [0, 0.1) is 0 Å². The van der Waals surface area contributed by atoms with Crippen molar-refractivity contribution in [2.45, 2.75) is 16.3 Å². The molecule has 1 aliphatic heterocycles. The first kappa shape index (κ1) is 20.8. The van der Waals surface area contributed by atoms with Crippen LogP contribution >= 0.6 is 0 Å². The molecule has 1 aromatic heterocycles. The lowest BCUT2D eigenvalue weighted by Crippen LogP contribution is -2.35. The first-order valence-corrected chi connectivity index (χ1v) is 10.9. The Morgan fingerprint density at radius 2 is 1.79 bits per heavy atom. The number of nitrogens with zero attached hydrogens (tertiary/aromatic N) is 3. The molecule has 29 heavy (non-hydrogen) atoms. The summed E-state index contributed by atoms with van der Waals surface area (Å²) in [6.07, 6.45) is 0. The molecule has 0 saturated heterocycles. The van der Waals surface area contributed by atoms with Crippen molar-refractivity contribution < 1.29 is 31.1 Å². The van der Waals surface area contributed by atoms with Crippen LogP contribution in [0.5, 0.6) is 11.8 Å². The van der Waals surface area contributed by atoms with Crippen LogP contribution in [0.3, 0.4) is 0 Å². The summed E-state index contributed by atoms with van der Waals surface area (Å²) < 4.78 is 62.9. The summed E-state index contributed by atoms with van der Waals surface area (Å²) in [4.78, 5) is 19.0. The Hall–Kier alpha value is -2.97. The Kier molecular flexibility index (Phi) is 5.34. The number of methoxy groups -OCH3 is 2. The van der Waals surface area contributed by atoms with Crippen molar-refractivity contribution in [2.75, 3.05) is 26.6 Å². The van der Waals surface area contributed by atoms with Gasteiger partial charge in [0.1, 0.15) is 9.79 Å². The van der Waals surface area contributed by atoms with E-state index in [1.54, 1.807) is 4.72 Å². The zero-order valence-electron chi connectivity index (χ0n) is 15.5. The lowest BCUT2D eigenvalue weighted by atomic mass is 10.2. The third-order valence-electron chi connectivity index (χ3n) is 3.96. The summed E-state index contributed by atoms with van der Waals surface area (Å²) in [7, 11) is -4.50. The molecule has 14 heteroatoms. The molecule has 0 saturated carbocycles. The Morgan fingerprint density at radius 1 is 1.17 bits per heavy atom. The molecule has 0 aliphatic carbocycles. The van der Waals surface area contributed by atoms with Gasteiger partial charge < -0.3 is 9.47 Å². The molecule has 1 aromatic carbocycles. The molecule has 2 aromatic rings. The van der Waals surface area contributed by atoms with Gasteiger partial charge in [-0.15, -0.1) is 0 Å². The number of amides is 2. The number of aromatic nitrogens is 2. The average molecular weight is 443 g/mol. The van der Waals surface area contributed by atoms with Gasteiger partial charge in [-0.25, -0.2) is 26.4 Å². The van der Waals surface area contributed by atoms with Gasteiger partial charge in [0.2, 0.25) is 27.7 Å². The molecule has 0 bridgehead atoms. The number of fused-ring (bicyclic) bond motifs is 1. The summed E-state index contributed by atoms with van der Waals surface area (Å²) in [5.74, 6) is -0.130. The zero-order valence-corrected chi connectivity index (χ0v) is 17.2. The predicted molar refractivity (Wildman–Crippen MR) is 99.6 cm³/mol. The fraction of sp³-hybridized carbons (Fsp3) is 0.267. The summed E-state index contributed by atoms with van der Waals surface area (Å²) in [6.45, 7) is 0.0324. The van der Waals surface area contributed by atoms with Crippen molar-refractivity contribution in [3.05, 3.63) is 29.8 Å². The van der Waals surface area contributed by atoms with E-state index in [4.69, 9.17) is 9.47 Å². The highest BCUT2D eigenvalue weighted by atomic mass is 32.2. The highest BCUT2D eigenvalue weighted by Crippen LogP contribution is 2.34. The lowest BCUT2D eigenvalue weighted by Gasteiger charge is -2.12. The molecular formula is C15H17N5O7S2. The average Bonchev–Trinajstić information content (AvgIpc) is 2.89. The number of carbonyl (C=O) groups excluding carboxylic acids is 1. The van der Waals surface area contributed by atoms with E-state index >= 15 is 0 Å². The fourth-order valence-electron chi connectivity index (χ4n) is 2.64. The molecule has 2 amide bonds. The van der Waals surface area contributed by atoms with Crippen LogP contribution in [-0.2, 0) is 26.6 Å². The highest BCUT2D eigenvalue weighted by Gasteiger charge is 2.38. The number of anilines is 1. The number of hydrogen-bond donors (Lipinski definition) is 2. The van der Waals surface area contributed by atoms with E-state index in [2.05, 4.69) is 15.3 Å². The molecule has 0 fully saturated rings. The van der Waals surface area contributed by atoms with E-state index in [-0.39, 0.29) is 29.1 Å². The topological polar surface area (TPSA) is 157 Å². The lowest BCUT2D eigenvalue weighted by molar-refractivity contribution is 0.256. The predicted octanol–water partition coefficient (Wildman–Crippen LogP) is 0.138. The molecule has 12 nitrogen and oxygen atoms in total. The largest absolute Gasteiger partial charge is 0.481 e. The summed E-state index contributed by atoms with van der Waals surface area (Å²) >= 11 is 0. The maximum atomic E-state index is 12.7. The van der Waals surface area contributed by atoms with Crippen LogP contribution in [0.1, 0.15) is 5.56 Å². The molecule has 3 rings (SSSR count). The zero-order chi connectivity index (χ0) is 21.4. The van der Waals surface area contributed by atoms with E-state index in [1.165, 1.54) is 39.5 Å². The van der Waals surface area contributed by atoms with E-state index in [9.17, 15) is 21.6 Å². The summed E-state index contributed by atoms with van der Waals surface area (Å²) in [5.41, 5.74) is 0.316. The number of rotatable bonds is 5. The quantitative estimate of drug-likeness (QED) is 0.656. The molecule has 2 heterocycles. The number of ether oxygens (including phenoxy) is 2. The Labute approximate surface area is 167 Å². The number of sulfonamides is 2. The number of carbonyl (C=O) groups is 1. The van der Waals surface area contributed by atoms with Crippen LogP contribution < -0.4 is 19.5 Å². The normalized spacial score (nSPS) is 15.4. The van der Waals surface area contributed by atoms with Crippen molar-refractivity contribution in [1.82, 2.24) is 19.0 Å². The molecule has 0 unspecified atom stereocenters. The van der Waals surface area contributed by atoms with Crippen molar-refractivity contribution in [3.8, 4) is 11.8 Å². The SMILES string of the molecule is COc1cc(OC)nc(NC(=O)NS(=O)(=O)c2cccc3c2S(=O)(=O)N(C)C3)n1. The monoisotopic (exact) mass is 443 g/mol. The van der Waals surface area contributed by atoms with Crippen LogP contribution in [0.4, 0.5) is 10.7 Å². The molecule has 2 N–H and O–H groups in total. The van der Waals surface area contributed by atoms with Gasteiger partial charge in [-0.05, 0) is 11.6 Å². The van der Waals surface area contributed by atoms with Crippen molar-refractivity contribution in [3.63, 3.8) is 0 Å². The van der Waals surface area contributed by atoms with Crippen molar-refractivity contribution >= 4 is 32.0 Å².